The van der Waals surface area contributed by atoms with Crippen molar-refractivity contribution in [1.82, 2.24) is 10.2 Å². The highest BCUT2D eigenvalue weighted by molar-refractivity contribution is 5.96. The van der Waals surface area contributed by atoms with Gasteiger partial charge in [0.15, 0.2) is 5.82 Å². The van der Waals surface area contributed by atoms with Gasteiger partial charge in [0.25, 0.3) is 0 Å². The highest BCUT2D eigenvalue weighted by Gasteiger charge is 2.18. The maximum absolute atomic E-state index is 11.8. The predicted octanol–water partition coefficient (Wildman–Crippen LogP) is 2.05. The molecule has 1 heterocycles. The number of ether oxygens (including phenoxy) is 1. The van der Waals surface area contributed by atoms with E-state index in [0.717, 1.165) is 5.56 Å². The normalized spacial score (nSPS) is 10.8. The second kappa shape index (κ2) is 6.56. The standard InChI is InChI=1S/C14H16N4O3/c1-3-21-14(20)12-9(2)16-18-13(12)17-15-8-10-4-6-11(19)7-5-10/h4-8,19H,3H2,1-2H3,(H2,16,17,18)/b15-8+. The number of aromatic hydroxyl groups is 1. The molecular formula is C14H16N4O3. The van der Waals surface area contributed by atoms with Gasteiger partial charge in [0.05, 0.1) is 12.8 Å². The van der Waals surface area contributed by atoms with Gasteiger partial charge in [0.2, 0.25) is 0 Å². The summed E-state index contributed by atoms with van der Waals surface area (Å²) in [5.74, 6) is 0.0414. The first-order valence-corrected chi connectivity index (χ1v) is 6.42. The van der Waals surface area contributed by atoms with E-state index in [4.69, 9.17) is 4.74 Å². The quantitative estimate of drug-likeness (QED) is 0.444. The molecule has 0 bridgehead atoms. The minimum absolute atomic E-state index is 0.188. The number of hydrazone groups is 1. The van der Waals surface area contributed by atoms with Gasteiger partial charge in [-0.05, 0) is 43.7 Å². The molecule has 0 aliphatic heterocycles. The summed E-state index contributed by atoms with van der Waals surface area (Å²) < 4.78 is 4.97. The molecule has 7 nitrogen and oxygen atoms in total. The molecule has 2 rings (SSSR count). The summed E-state index contributed by atoms with van der Waals surface area (Å²) in [6.07, 6.45) is 1.55. The van der Waals surface area contributed by atoms with E-state index in [-0.39, 0.29) is 5.75 Å². The molecule has 2 aromatic rings. The number of H-pyrrole nitrogens is 1. The van der Waals surface area contributed by atoms with Crippen molar-refractivity contribution >= 4 is 18.0 Å². The summed E-state index contributed by atoms with van der Waals surface area (Å²) >= 11 is 0. The Kier molecular flexibility index (Phi) is 4.55. The number of aromatic amines is 1. The number of phenols is 1. The van der Waals surface area contributed by atoms with Gasteiger partial charge in [-0.25, -0.2) is 4.79 Å². The van der Waals surface area contributed by atoms with Crippen LogP contribution in [-0.4, -0.2) is 34.1 Å². The summed E-state index contributed by atoms with van der Waals surface area (Å²) in [7, 11) is 0. The molecular weight excluding hydrogens is 272 g/mol. The summed E-state index contributed by atoms with van der Waals surface area (Å²) in [6, 6.07) is 6.54. The number of aryl methyl sites for hydroxylation is 1. The highest BCUT2D eigenvalue weighted by Crippen LogP contribution is 2.17. The van der Waals surface area contributed by atoms with E-state index in [1.807, 2.05) is 0 Å². The van der Waals surface area contributed by atoms with Gasteiger partial charge in [0.1, 0.15) is 11.3 Å². The molecule has 0 aliphatic rings. The van der Waals surface area contributed by atoms with Crippen molar-refractivity contribution < 1.29 is 14.6 Å². The molecule has 0 fully saturated rings. The zero-order chi connectivity index (χ0) is 15.2. The number of hydrogen-bond acceptors (Lipinski definition) is 6. The molecule has 0 amide bonds. The van der Waals surface area contributed by atoms with Crippen molar-refractivity contribution in [2.45, 2.75) is 13.8 Å². The Labute approximate surface area is 121 Å². The Hall–Kier alpha value is -2.83. The number of carbonyl (C=O) groups excluding carboxylic acids is 1. The van der Waals surface area contributed by atoms with Crippen LogP contribution in [0.1, 0.15) is 28.5 Å². The number of nitrogens with one attached hydrogen (secondary N) is 2. The molecule has 0 unspecified atom stereocenters. The molecule has 0 aliphatic carbocycles. The molecule has 3 N–H and O–H groups in total. The molecule has 7 heteroatoms. The molecule has 0 atom stereocenters. The van der Waals surface area contributed by atoms with Gasteiger partial charge in [-0.1, -0.05) is 0 Å². The van der Waals surface area contributed by atoms with Crippen molar-refractivity contribution in [1.29, 1.82) is 0 Å². The Bertz CT molecular complexity index is 647. The number of benzene rings is 1. The molecule has 0 spiro atoms. The third-order valence-corrected chi connectivity index (χ3v) is 2.70. The van der Waals surface area contributed by atoms with Gasteiger partial charge in [-0.3, -0.25) is 10.5 Å². The van der Waals surface area contributed by atoms with Gasteiger partial charge in [-0.15, -0.1) is 0 Å². The van der Waals surface area contributed by atoms with E-state index < -0.39 is 5.97 Å². The number of phenolic OH excluding ortho intramolecular Hbond substituents is 1. The summed E-state index contributed by atoms with van der Waals surface area (Å²) in [5.41, 5.74) is 4.44. The summed E-state index contributed by atoms with van der Waals surface area (Å²) in [4.78, 5) is 11.8. The molecule has 0 radical (unpaired) electrons. The second-order valence-corrected chi connectivity index (χ2v) is 4.25. The van der Waals surface area contributed by atoms with E-state index in [1.54, 1.807) is 44.3 Å². The lowest BCUT2D eigenvalue weighted by Crippen LogP contribution is -2.08. The van der Waals surface area contributed by atoms with Crippen molar-refractivity contribution in [3.8, 4) is 5.75 Å². The molecule has 1 aromatic carbocycles. The number of esters is 1. The molecule has 0 saturated heterocycles. The fourth-order valence-corrected chi connectivity index (χ4v) is 1.69. The fraction of sp³-hybridized carbons (Fsp3) is 0.214. The van der Waals surface area contributed by atoms with E-state index in [0.29, 0.717) is 23.7 Å². The van der Waals surface area contributed by atoms with E-state index in [1.165, 1.54) is 0 Å². The number of rotatable bonds is 5. The van der Waals surface area contributed by atoms with Crippen LogP contribution in [0.2, 0.25) is 0 Å². The topological polar surface area (TPSA) is 99.6 Å². The number of aromatic nitrogens is 2. The summed E-state index contributed by atoms with van der Waals surface area (Å²) in [5, 5.41) is 19.9. The number of nitrogens with zero attached hydrogens (tertiary/aromatic N) is 2. The Balaban J connectivity index is 2.10. The summed E-state index contributed by atoms with van der Waals surface area (Å²) in [6.45, 7) is 3.76. The van der Waals surface area contributed by atoms with Crippen LogP contribution >= 0.6 is 0 Å². The SMILES string of the molecule is CCOC(=O)c1c(N/N=C/c2ccc(O)cc2)n[nH]c1C. The van der Waals surface area contributed by atoms with Gasteiger partial charge in [-0.2, -0.15) is 10.2 Å². The van der Waals surface area contributed by atoms with E-state index >= 15 is 0 Å². The maximum atomic E-state index is 11.8. The Morgan fingerprint density at radius 3 is 2.86 bits per heavy atom. The molecule has 1 aromatic heterocycles. The van der Waals surface area contributed by atoms with Crippen molar-refractivity contribution in [2.24, 2.45) is 5.10 Å². The average Bonchev–Trinajstić information content (AvgIpc) is 2.82. The first-order chi connectivity index (χ1) is 10.1. The third kappa shape index (κ3) is 3.59. The Morgan fingerprint density at radius 2 is 2.19 bits per heavy atom. The maximum Gasteiger partial charge on any atom is 0.343 e. The van der Waals surface area contributed by atoms with Crippen LogP contribution in [0.5, 0.6) is 5.75 Å². The lowest BCUT2D eigenvalue weighted by molar-refractivity contribution is 0.0526. The molecule has 110 valence electrons. The largest absolute Gasteiger partial charge is 0.508 e. The lowest BCUT2D eigenvalue weighted by atomic mass is 10.2. The van der Waals surface area contributed by atoms with Gasteiger partial charge in [0, 0.05) is 5.69 Å². The minimum Gasteiger partial charge on any atom is -0.508 e. The van der Waals surface area contributed by atoms with Crippen LogP contribution in [0, 0.1) is 6.92 Å². The van der Waals surface area contributed by atoms with E-state index in [2.05, 4.69) is 20.7 Å². The number of carbonyl (C=O) groups is 1. The van der Waals surface area contributed by atoms with Crippen LogP contribution in [0.25, 0.3) is 0 Å². The zero-order valence-corrected chi connectivity index (χ0v) is 11.8. The lowest BCUT2D eigenvalue weighted by Gasteiger charge is -2.02. The van der Waals surface area contributed by atoms with Crippen LogP contribution < -0.4 is 5.43 Å². The van der Waals surface area contributed by atoms with Crippen molar-refractivity contribution in [3.05, 3.63) is 41.1 Å². The molecule has 0 saturated carbocycles. The minimum atomic E-state index is -0.453. The highest BCUT2D eigenvalue weighted by atomic mass is 16.5. The first kappa shape index (κ1) is 14.6. The smallest absolute Gasteiger partial charge is 0.343 e. The van der Waals surface area contributed by atoms with Crippen LogP contribution in [0.3, 0.4) is 0 Å². The number of hydrogen-bond donors (Lipinski definition) is 3. The zero-order valence-electron chi connectivity index (χ0n) is 11.8. The van der Waals surface area contributed by atoms with Crippen molar-refractivity contribution in [2.75, 3.05) is 12.0 Å². The third-order valence-electron chi connectivity index (χ3n) is 2.70. The average molecular weight is 288 g/mol. The fourth-order valence-electron chi connectivity index (χ4n) is 1.69. The predicted molar refractivity (Wildman–Crippen MR) is 78.6 cm³/mol. The first-order valence-electron chi connectivity index (χ1n) is 6.42. The van der Waals surface area contributed by atoms with Crippen LogP contribution in [-0.2, 0) is 4.74 Å². The second-order valence-electron chi connectivity index (χ2n) is 4.25. The van der Waals surface area contributed by atoms with Crippen LogP contribution in [0.4, 0.5) is 5.82 Å². The van der Waals surface area contributed by atoms with Crippen LogP contribution in [0.15, 0.2) is 29.4 Å². The number of anilines is 1. The van der Waals surface area contributed by atoms with E-state index in [9.17, 15) is 9.90 Å². The Morgan fingerprint density at radius 1 is 1.48 bits per heavy atom. The monoisotopic (exact) mass is 288 g/mol. The van der Waals surface area contributed by atoms with Crippen molar-refractivity contribution in [3.63, 3.8) is 0 Å². The molecule has 21 heavy (non-hydrogen) atoms. The van der Waals surface area contributed by atoms with Gasteiger partial charge >= 0.3 is 5.97 Å². The van der Waals surface area contributed by atoms with Gasteiger partial charge < -0.3 is 9.84 Å².